The molecule has 0 saturated heterocycles. The van der Waals surface area contributed by atoms with Gasteiger partial charge in [-0.05, 0) is 26.0 Å². The molecule has 0 heterocycles. The predicted molar refractivity (Wildman–Crippen MR) is 65.0 cm³/mol. The van der Waals surface area contributed by atoms with Crippen molar-refractivity contribution >= 4 is 17.7 Å². The molecule has 1 aromatic carbocycles. The van der Waals surface area contributed by atoms with Gasteiger partial charge < -0.3 is 10.8 Å². The molecule has 0 aliphatic rings. The Morgan fingerprint density at radius 3 is 2.29 bits per heavy atom. The first-order chi connectivity index (χ1) is 7.91. The summed E-state index contributed by atoms with van der Waals surface area (Å²) >= 11 is 0. The van der Waals surface area contributed by atoms with Gasteiger partial charge >= 0.3 is 12.0 Å². The van der Waals surface area contributed by atoms with Crippen LogP contribution in [0.2, 0.25) is 0 Å². The highest BCUT2D eigenvalue weighted by molar-refractivity contribution is 5.91. The van der Waals surface area contributed by atoms with Crippen LogP contribution in [0.1, 0.15) is 18.9 Å². The minimum atomic E-state index is -0.962. The molecule has 1 unspecified atom stereocenters. The number of carboxylic acids is 1. The summed E-state index contributed by atoms with van der Waals surface area (Å²) in [4.78, 5) is 23.3. The van der Waals surface area contributed by atoms with Gasteiger partial charge in [0, 0.05) is 11.7 Å². The Kier molecular flexibility index (Phi) is 4.09. The maximum atomic E-state index is 11.4. The van der Waals surface area contributed by atoms with Crippen molar-refractivity contribution in [3.8, 4) is 0 Å². The topological polar surface area (TPSA) is 83.6 Å². The summed E-state index contributed by atoms with van der Waals surface area (Å²) < 4.78 is 0. The zero-order valence-corrected chi connectivity index (χ0v) is 9.88. The summed E-state index contributed by atoms with van der Waals surface area (Å²) in [5, 5.41) is 8.73. The van der Waals surface area contributed by atoms with Crippen LogP contribution in [-0.2, 0) is 4.79 Å². The molecule has 17 heavy (non-hydrogen) atoms. The molecule has 1 aromatic rings. The minimum absolute atomic E-state index is 0.142. The van der Waals surface area contributed by atoms with E-state index >= 15 is 0 Å². The molecular formula is C12H16N2O3. The van der Waals surface area contributed by atoms with E-state index in [1.165, 1.54) is 4.90 Å². The van der Waals surface area contributed by atoms with Gasteiger partial charge in [0.1, 0.15) is 0 Å². The molecular weight excluding hydrogens is 220 g/mol. The molecule has 2 amide bonds. The molecule has 0 fully saturated rings. The van der Waals surface area contributed by atoms with Crippen LogP contribution in [0.5, 0.6) is 0 Å². The van der Waals surface area contributed by atoms with E-state index in [9.17, 15) is 9.59 Å². The Hall–Kier alpha value is -2.04. The van der Waals surface area contributed by atoms with E-state index in [4.69, 9.17) is 10.8 Å². The van der Waals surface area contributed by atoms with E-state index in [1.54, 1.807) is 19.1 Å². The van der Waals surface area contributed by atoms with Gasteiger partial charge in [0.25, 0.3) is 0 Å². The van der Waals surface area contributed by atoms with Gasteiger partial charge in [0.2, 0.25) is 0 Å². The third kappa shape index (κ3) is 3.48. The normalized spacial score (nSPS) is 11.9. The van der Waals surface area contributed by atoms with Crippen molar-refractivity contribution in [2.24, 2.45) is 5.73 Å². The number of urea groups is 1. The number of primary amides is 1. The monoisotopic (exact) mass is 236 g/mol. The van der Waals surface area contributed by atoms with E-state index in [1.807, 2.05) is 19.1 Å². The van der Waals surface area contributed by atoms with Gasteiger partial charge in [-0.1, -0.05) is 17.7 Å². The first-order valence-electron chi connectivity index (χ1n) is 5.29. The number of hydrogen-bond donors (Lipinski definition) is 2. The van der Waals surface area contributed by atoms with Gasteiger partial charge in [0.15, 0.2) is 0 Å². The van der Waals surface area contributed by atoms with E-state index in [-0.39, 0.29) is 6.42 Å². The van der Waals surface area contributed by atoms with Crippen molar-refractivity contribution in [1.29, 1.82) is 0 Å². The van der Waals surface area contributed by atoms with Crippen molar-refractivity contribution in [2.45, 2.75) is 26.3 Å². The van der Waals surface area contributed by atoms with Crippen LogP contribution in [0.15, 0.2) is 24.3 Å². The Balaban J connectivity index is 2.96. The first-order valence-corrected chi connectivity index (χ1v) is 5.29. The van der Waals surface area contributed by atoms with Crippen molar-refractivity contribution in [1.82, 2.24) is 0 Å². The van der Waals surface area contributed by atoms with Crippen molar-refractivity contribution in [2.75, 3.05) is 4.90 Å². The maximum Gasteiger partial charge on any atom is 0.319 e. The standard InChI is InChI=1S/C12H16N2O3/c1-8-3-5-10(6-4-8)14(12(13)17)9(2)7-11(15)16/h3-6,9H,7H2,1-2H3,(H2,13,17)(H,15,16). The molecule has 92 valence electrons. The number of amides is 2. The highest BCUT2D eigenvalue weighted by Crippen LogP contribution is 2.19. The lowest BCUT2D eigenvalue weighted by Crippen LogP contribution is -2.43. The number of hydrogen-bond acceptors (Lipinski definition) is 2. The fourth-order valence-corrected chi connectivity index (χ4v) is 1.65. The average Bonchev–Trinajstić information content (AvgIpc) is 2.19. The number of nitrogens with zero attached hydrogens (tertiary/aromatic N) is 1. The lowest BCUT2D eigenvalue weighted by Gasteiger charge is -2.26. The fraction of sp³-hybridized carbons (Fsp3) is 0.333. The summed E-state index contributed by atoms with van der Waals surface area (Å²) in [5.41, 5.74) is 6.94. The third-order valence-corrected chi connectivity index (χ3v) is 2.46. The van der Waals surface area contributed by atoms with Crippen LogP contribution < -0.4 is 10.6 Å². The largest absolute Gasteiger partial charge is 0.481 e. The zero-order valence-electron chi connectivity index (χ0n) is 9.88. The zero-order chi connectivity index (χ0) is 13.0. The first kappa shape index (κ1) is 13.0. The molecule has 0 bridgehead atoms. The van der Waals surface area contributed by atoms with Crippen molar-refractivity contribution in [3.05, 3.63) is 29.8 Å². The Bertz CT molecular complexity index is 414. The van der Waals surface area contributed by atoms with Crippen LogP contribution in [0, 0.1) is 6.92 Å². The van der Waals surface area contributed by atoms with E-state index in [0.717, 1.165) is 5.56 Å². The number of carbonyl (C=O) groups excluding carboxylic acids is 1. The number of rotatable bonds is 4. The van der Waals surface area contributed by atoms with Gasteiger partial charge in [-0.2, -0.15) is 0 Å². The van der Waals surface area contributed by atoms with Crippen LogP contribution >= 0.6 is 0 Å². The number of anilines is 1. The molecule has 5 nitrogen and oxygen atoms in total. The molecule has 3 N–H and O–H groups in total. The molecule has 0 aliphatic heterocycles. The van der Waals surface area contributed by atoms with E-state index < -0.39 is 18.0 Å². The Morgan fingerprint density at radius 1 is 1.35 bits per heavy atom. The van der Waals surface area contributed by atoms with Crippen LogP contribution in [0.4, 0.5) is 10.5 Å². The highest BCUT2D eigenvalue weighted by Gasteiger charge is 2.21. The summed E-state index contributed by atoms with van der Waals surface area (Å²) in [6.07, 6.45) is -0.142. The molecule has 0 spiro atoms. The van der Waals surface area contributed by atoms with Crippen molar-refractivity contribution in [3.63, 3.8) is 0 Å². The number of carbonyl (C=O) groups is 2. The second-order valence-electron chi connectivity index (χ2n) is 3.99. The Labute approximate surface area is 99.8 Å². The van der Waals surface area contributed by atoms with Gasteiger partial charge in [-0.15, -0.1) is 0 Å². The SMILES string of the molecule is Cc1ccc(N(C(N)=O)C(C)CC(=O)O)cc1. The Morgan fingerprint density at radius 2 is 1.88 bits per heavy atom. The van der Waals surface area contributed by atoms with Gasteiger partial charge in [-0.25, -0.2) is 4.79 Å². The summed E-state index contributed by atoms with van der Waals surface area (Å²) in [5.74, 6) is -0.962. The smallest absolute Gasteiger partial charge is 0.319 e. The van der Waals surface area contributed by atoms with Crippen molar-refractivity contribution < 1.29 is 14.7 Å². The maximum absolute atomic E-state index is 11.4. The fourth-order valence-electron chi connectivity index (χ4n) is 1.65. The second kappa shape index (κ2) is 5.34. The van der Waals surface area contributed by atoms with Gasteiger partial charge in [0.05, 0.1) is 6.42 Å². The van der Waals surface area contributed by atoms with E-state index in [0.29, 0.717) is 5.69 Å². The van der Waals surface area contributed by atoms with E-state index in [2.05, 4.69) is 0 Å². The molecule has 0 aromatic heterocycles. The number of benzene rings is 1. The summed E-state index contributed by atoms with van der Waals surface area (Å²) in [7, 11) is 0. The lowest BCUT2D eigenvalue weighted by atomic mass is 10.1. The van der Waals surface area contributed by atoms with Crippen LogP contribution in [-0.4, -0.2) is 23.1 Å². The number of aliphatic carboxylic acids is 1. The molecule has 1 atom stereocenters. The third-order valence-electron chi connectivity index (χ3n) is 2.46. The minimum Gasteiger partial charge on any atom is -0.481 e. The molecule has 0 saturated carbocycles. The molecule has 1 rings (SSSR count). The summed E-state index contributed by atoms with van der Waals surface area (Å²) in [6, 6.07) is 6.06. The summed E-state index contributed by atoms with van der Waals surface area (Å²) in [6.45, 7) is 3.58. The molecule has 0 aliphatic carbocycles. The number of nitrogens with two attached hydrogens (primary N) is 1. The quantitative estimate of drug-likeness (QED) is 0.835. The van der Waals surface area contributed by atoms with Crippen LogP contribution in [0.3, 0.4) is 0 Å². The molecule has 0 radical (unpaired) electrons. The predicted octanol–water partition coefficient (Wildman–Crippen LogP) is 1.74. The highest BCUT2D eigenvalue weighted by atomic mass is 16.4. The number of carboxylic acid groups (broad SMARTS) is 1. The lowest BCUT2D eigenvalue weighted by molar-refractivity contribution is -0.137. The van der Waals surface area contributed by atoms with Gasteiger partial charge in [-0.3, -0.25) is 9.69 Å². The molecule has 5 heteroatoms. The average molecular weight is 236 g/mol. The number of aryl methyl sites for hydroxylation is 1. The second-order valence-corrected chi connectivity index (χ2v) is 3.99. The van der Waals surface area contributed by atoms with Crippen LogP contribution in [0.25, 0.3) is 0 Å².